The van der Waals surface area contributed by atoms with Crippen LogP contribution in [0.25, 0.3) is 11.0 Å². The van der Waals surface area contributed by atoms with Crippen molar-refractivity contribution >= 4 is 11.0 Å². The first-order valence-corrected chi connectivity index (χ1v) is 15.4. The zero-order valence-corrected chi connectivity index (χ0v) is 25.7. The zero-order chi connectivity index (χ0) is 29.0. The van der Waals surface area contributed by atoms with E-state index >= 15 is 0 Å². The first kappa shape index (κ1) is 33.3. The smallest absolute Gasteiger partial charge is 0.383 e. The lowest BCUT2D eigenvalue weighted by molar-refractivity contribution is 0.272. The van der Waals surface area contributed by atoms with Gasteiger partial charge in [-0.1, -0.05) is 94.2 Å². The maximum Gasteiger partial charge on any atom is 0.383 e. The monoisotopic (exact) mass is 552 g/mol. The van der Waals surface area contributed by atoms with E-state index in [0.29, 0.717) is 48.7 Å². The van der Waals surface area contributed by atoms with Gasteiger partial charge in [-0.05, 0) is 71.1 Å². The maximum atomic E-state index is 13.1. The Labute approximate surface area is 242 Å². The topological polar surface area (TPSA) is 57.9 Å². The Bertz CT molecular complexity index is 1130. The van der Waals surface area contributed by atoms with E-state index in [0.717, 1.165) is 32.1 Å². The molecule has 2 aromatic rings. The molecule has 0 aliphatic heterocycles. The first-order chi connectivity index (χ1) is 19.5. The van der Waals surface area contributed by atoms with Gasteiger partial charge >= 0.3 is 5.63 Å². The minimum Gasteiger partial charge on any atom is -0.490 e. The number of para-hydroxylation sites is 1. The summed E-state index contributed by atoms with van der Waals surface area (Å²) >= 11 is 0. The van der Waals surface area contributed by atoms with Crippen LogP contribution in [0.15, 0.2) is 62.9 Å². The Morgan fingerprint density at radius 3 is 2.27 bits per heavy atom. The van der Waals surface area contributed by atoms with Gasteiger partial charge in [0.2, 0.25) is 5.75 Å². The second-order valence-electron chi connectivity index (χ2n) is 10.7. The summed E-state index contributed by atoms with van der Waals surface area (Å²) in [5, 5.41) is 0.683. The molecular weight excluding hydrogens is 500 g/mol. The summed E-state index contributed by atoms with van der Waals surface area (Å²) in [6, 6.07) is 5.65. The van der Waals surface area contributed by atoms with Crippen LogP contribution in [0.1, 0.15) is 112 Å². The number of fused-ring (bicyclic) bond motifs is 1. The highest BCUT2D eigenvalue weighted by Crippen LogP contribution is 2.37. The summed E-state index contributed by atoms with van der Waals surface area (Å²) in [6.45, 7) is 12.0. The summed E-state index contributed by atoms with van der Waals surface area (Å²) in [7, 11) is 0. The molecular formula is C35H52O5. The highest BCUT2D eigenvalue weighted by Gasteiger charge is 2.20. The molecule has 0 aliphatic rings. The molecule has 222 valence electrons. The largest absolute Gasteiger partial charge is 0.490 e. The third-order valence-corrected chi connectivity index (χ3v) is 6.75. The minimum absolute atomic E-state index is 0.119. The highest BCUT2D eigenvalue weighted by molar-refractivity contribution is 5.89. The van der Waals surface area contributed by atoms with Gasteiger partial charge < -0.3 is 18.6 Å². The van der Waals surface area contributed by atoms with Gasteiger partial charge in [0, 0.05) is 0 Å². The molecule has 0 saturated carbocycles. The average molecular weight is 553 g/mol. The lowest BCUT2D eigenvalue weighted by atomic mass is 10.1. The molecule has 0 atom stereocenters. The number of allylic oxidation sites excluding steroid dienone is 4. The van der Waals surface area contributed by atoms with Crippen LogP contribution in [0.4, 0.5) is 0 Å². The lowest BCUT2D eigenvalue weighted by Crippen LogP contribution is -2.12. The quantitative estimate of drug-likeness (QED) is 0.0876. The standard InChI is InChI=1S/C35H52O5/c1-6-8-10-12-13-14-15-17-25-37-31-23-19-22-30-32(31)40-35(36)34(38-26-16-11-9-7-2)33(30)39-27-24-29(5)21-18-20-28(3)4/h9,11,19-20,22-24H,6-8,10,12-18,21,25-27H2,1-5H3. The van der Waals surface area contributed by atoms with Crippen molar-refractivity contribution in [3.8, 4) is 17.2 Å². The van der Waals surface area contributed by atoms with Gasteiger partial charge in [-0.2, -0.15) is 0 Å². The number of benzene rings is 1. The second-order valence-corrected chi connectivity index (χ2v) is 10.7. The van der Waals surface area contributed by atoms with Crippen molar-refractivity contribution in [3.05, 3.63) is 64.1 Å². The first-order valence-electron chi connectivity index (χ1n) is 15.4. The Balaban J connectivity index is 2.15. The van der Waals surface area contributed by atoms with Crippen molar-refractivity contribution in [3.63, 3.8) is 0 Å². The predicted molar refractivity (Wildman–Crippen MR) is 168 cm³/mol. The van der Waals surface area contributed by atoms with E-state index in [1.54, 1.807) is 0 Å². The molecule has 0 N–H and O–H groups in total. The number of ether oxygens (including phenoxy) is 3. The van der Waals surface area contributed by atoms with E-state index < -0.39 is 5.63 Å². The van der Waals surface area contributed by atoms with Gasteiger partial charge in [0.1, 0.15) is 6.61 Å². The van der Waals surface area contributed by atoms with E-state index in [1.807, 2.05) is 18.2 Å². The van der Waals surface area contributed by atoms with E-state index in [9.17, 15) is 4.79 Å². The maximum absolute atomic E-state index is 13.1. The van der Waals surface area contributed by atoms with E-state index in [1.165, 1.54) is 49.7 Å². The van der Waals surface area contributed by atoms with Crippen LogP contribution < -0.4 is 19.8 Å². The van der Waals surface area contributed by atoms with Gasteiger partial charge in [-0.3, -0.25) is 0 Å². The highest BCUT2D eigenvalue weighted by atomic mass is 16.5. The van der Waals surface area contributed by atoms with Gasteiger partial charge in [-0.15, -0.1) is 0 Å². The van der Waals surface area contributed by atoms with Gasteiger partial charge in [0.05, 0.1) is 18.6 Å². The third-order valence-electron chi connectivity index (χ3n) is 6.75. The summed E-state index contributed by atoms with van der Waals surface area (Å²) in [4.78, 5) is 13.1. The molecule has 5 heteroatoms. The van der Waals surface area contributed by atoms with Crippen molar-refractivity contribution in [2.24, 2.45) is 0 Å². The van der Waals surface area contributed by atoms with Crippen LogP contribution >= 0.6 is 0 Å². The molecule has 0 spiro atoms. The fraction of sp³-hybridized carbons (Fsp3) is 0.571. The number of unbranched alkanes of at least 4 members (excludes halogenated alkanes) is 7. The molecule has 0 fully saturated rings. The SMILES string of the molecule is CCC=CCCOc1c(OCC=C(C)CCC=C(C)C)c2cccc(OCCCCCCCCCC)c2oc1=O. The molecule has 5 nitrogen and oxygen atoms in total. The zero-order valence-electron chi connectivity index (χ0n) is 25.7. The molecule has 0 bridgehead atoms. The van der Waals surface area contributed by atoms with Gasteiger partial charge in [-0.25, -0.2) is 4.79 Å². The van der Waals surface area contributed by atoms with Crippen LogP contribution in [0.3, 0.4) is 0 Å². The normalized spacial score (nSPS) is 11.8. The van der Waals surface area contributed by atoms with Crippen LogP contribution in [0.2, 0.25) is 0 Å². The fourth-order valence-corrected chi connectivity index (χ4v) is 4.42. The van der Waals surface area contributed by atoms with Crippen molar-refractivity contribution in [2.45, 2.75) is 112 Å². The van der Waals surface area contributed by atoms with Crippen LogP contribution in [0.5, 0.6) is 17.2 Å². The summed E-state index contributed by atoms with van der Waals surface area (Å²) < 4.78 is 24.0. The van der Waals surface area contributed by atoms with Crippen LogP contribution in [0, 0.1) is 0 Å². The molecule has 1 heterocycles. The van der Waals surface area contributed by atoms with E-state index in [-0.39, 0.29) is 5.75 Å². The average Bonchev–Trinajstić information content (AvgIpc) is 2.93. The van der Waals surface area contributed by atoms with Crippen LogP contribution in [-0.4, -0.2) is 19.8 Å². The molecule has 0 saturated heterocycles. The second kappa shape index (κ2) is 20.0. The molecule has 1 aromatic carbocycles. The van der Waals surface area contributed by atoms with Crippen molar-refractivity contribution in [1.82, 2.24) is 0 Å². The van der Waals surface area contributed by atoms with Gasteiger partial charge in [0.25, 0.3) is 0 Å². The molecule has 0 amide bonds. The Morgan fingerprint density at radius 1 is 0.800 bits per heavy atom. The summed E-state index contributed by atoms with van der Waals surface area (Å²) in [6.07, 6.45) is 22.0. The molecule has 0 unspecified atom stereocenters. The molecule has 2 rings (SSSR count). The minimum atomic E-state index is -0.547. The fourth-order valence-electron chi connectivity index (χ4n) is 4.42. The molecule has 0 radical (unpaired) electrons. The predicted octanol–water partition coefficient (Wildman–Crippen LogP) is 10.1. The van der Waals surface area contributed by atoms with E-state index in [2.05, 4.69) is 58.9 Å². The molecule has 40 heavy (non-hydrogen) atoms. The van der Waals surface area contributed by atoms with E-state index in [4.69, 9.17) is 18.6 Å². The number of rotatable bonds is 21. The molecule has 0 aliphatic carbocycles. The Morgan fingerprint density at radius 2 is 1.55 bits per heavy atom. The molecule has 1 aromatic heterocycles. The van der Waals surface area contributed by atoms with Crippen molar-refractivity contribution in [2.75, 3.05) is 19.8 Å². The van der Waals surface area contributed by atoms with Gasteiger partial charge in [0.15, 0.2) is 17.1 Å². The Kier molecular flexibility index (Phi) is 16.6. The Hall–Kier alpha value is -2.95. The van der Waals surface area contributed by atoms with Crippen molar-refractivity contribution in [1.29, 1.82) is 0 Å². The summed E-state index contributed by atoms with van der Waals surface area (Å²) in [5.74, 6) is 1.10. The summed E-state index contributed by atoms with van der Waals surface area (Å²) in [5.41, 5.74) is 2.42. The third kappa shape index (κ3) is 12.5. The lowest BCUT2D eigenvalue weighted by Gasteiger charge is -2.15. The van der Waals surface area contributed by atoms with Crippen LogP contribution in [-0.2, 0) is 0 Å². The van der Waals surface area contributed by atoms with Crippen molar-refractivity contribution < 1.29 is 18.6 Å². The number of hydrogen-bond acceptors (Lipinski definition) is 5. The number of hydrogen-bond donors (Lipinski definition) is 0.